The first-order chi connectivity index (χ1) is 8.96. The van der Waals surface area contributed by atoms with Crippen molar-refractivity contribution in [3.8, 4) is 0 Å². The smallest absolute Gasteiger partial charge is 0.217 e. The van der Waals surface area contributed by atoms with Crippen LogP contribution < -0.4 is 4.72 Å². The van der Waals surface area contributed by atoms with Gasteiger partial charge in [-0.3, -0.25) is 0 Å². The number of aromatic nitrogens is 1. The maximum absolute atomic E-state index is 11.8. The van der Waals surface area contributed by atoms with Crippen LogP contribution in [0.1, 0.15) is 25.3 Å². The summed E-state index contributed by atoms with van der Waals surface area (Å²) in [5, 5.41) is 3.64. The third-order valence-corrected chi connectivity index (χ3v) is 3.47. The van der Waals surface area contributed by atoms with Gasteiger partial charge in [0.05, 0.1) is 6.54 Å². The van der Waals surface area contributed by atoms with Crippen LogP contribution in [0.5, 0.6) is 0 Å². The van der Waals surface area contributed by atoms with Crippen LogP contribution in [0.25, 0.3) is 0 Å². The molecule has 0 saturated carbocycles. The second kappa shape index (κ2) is 7.59. The van der Waals surface area contributed by atoms with Crippen LogP contribution in [0.15, 0.2) is 10.6 Å². The maximum Gasteiger partial charge on any atom is 0.217 e. The fourth-order valence-electron chi connectivity index (χ4n) is 1.46. The Morgan fingerprint density at radius 2 is 2.00 bits per heavy atom. The molecule has 1 aromatic rings. The number of nitrogens with one attached hydrogen (secondary N) is 1. The quantitative estimate of drug-likeness (QED) is 0.677. The van der Waals surface area contributed by atoms with E-state index < -0.39 is 16.3 Å². The van der Waals surface area contributed by atoms with Crippen LogP contribution in [0.2, 0.25) is 0 Å². The molecule has 1 rings (SSSR count). The molecule has 0 fully saturated rings. The van der Waals surface area contributed by atoms with Crippen molar-refractivity contribution in [1.82, 2.24) is 9.88 Å². The molecule has 0 spiro atoms. The highest BCUT2D eigenvalue weighted by Gasteiger charge is 2.17. The van der Waals surface area contributed by atoms with Crippen molar-refractivity contribution in [2.45, 2.75) is 32.8 Å². The Balaban J connectivity index is 2.49. The van der Waals surface area contributed by atoms with Crippen LogP contribution >= 0.6 is 0 Å². The summed E-state index contributed by atoms with van der Waals surface area (Å²) in [6, 6.07) is 1.59. The van der Waals surface area contributed by atoms with Gasteiger partial charge in [0.2, 0.25) is 10.0 Å². The minimum absolute atomic E-state index is 0.0703. The first-order valence-electron chi connectivity index (χ1n) is 6.09. The predicted octanol–water partition coefficient (Wildman–Crippen LogP) is 0.802. The average Bonchev–Trinajstić information content (AvgIpc) is 2.71. The van der Waals surface area contributed by atoms with Gasteiger partial charge < -0.3 is 14.0 Å². The number of ether oxygens (including phenoxy) is 2. The Hall–Kier alpha value is -0.960. The summed E-state index contributed by atoms with van der Waals surface area (Å²) in [7, 11) is -3.49. The molecule has 8 heteroatoms. The first-order valence-corrected chi connectivity index (χ1v) is 7.74. The largest absolute Gasteiger partial charge is 0.361 e. The normalized spacial score (nSPS) is 12.2. The van der Waals surface area contributed by atoms with E-state index in [1.165, 1.54) is 0 Å². The number of rotatable bonds is 9. The summed E-state index contributed by atoms with van der Waals surface area (Å²) in [6.45, 7) is 6.32. The van der Waals surface area contributed by atoms with Crippen LogP contribution in [0.3, 0.4) is 0 Å². The van der Waals surface area contributed by atoms with Gasteiger partial charge in [-0.1, -0.05) is 5.16 Å². The molecule has 0 unspecified atom stereocenters. The first kappa shape index (κ1) is 16.1. The predicted molar refractivity (Wildman–Crippen MR) is 68.9 cm³/mol. The molecular weight excluding hydrogens is 272 g/mol. The van der Waals surface area contributed by atoms with Crippen molar-refractivity contribution >= 4 is 10.0 Å². The Morgan fingerprint density at radius 3 is 2.47 bits per heavy atom. The van der Waals surface area contributed by atoms with Crippen LogP contribution in [0, 0.1) is 6.92 Å². The summed E-state index contributed by atoms with van der Waals surface area (Å²) in [6.07, 6.45) is -0.580. The topological polar surface area (TPSA) is 90.7 Å². The minimum Gasteiger partial charge on any atom is -0.361 e. The number of aryl methyl sites for hydroxylation is 1. The second-order valence-electron chi connectivity index (χ2n) is 3.88. The SMILES string of the molecule is CCOC(CNS(=O)(=O)Cc1cc(C)on1)OCC. The average molecular weight is 292 g/mol. The van der Waals surface area contributed by atoms with Gasteiger partial charge in [-0.15, -0.1) is 0 Å². The van der Waals surface area contributed by atoms with Gasteiger partial charge in [-0.05, 0) is 20.8 Å². The molecule has 7 nitrogen and oxygen atoms in total. The highest BCUT2D eigenvalue weighted by atomic mass is 32.2. The molecule has 0 aliphatic carbocycles. The molecule has 0 aliphatic rings. The fraction of sp³-hybridized carbons (Fsp3) is 0.727. The number of hydrogen-bond acceptors (Lipinski definition) is 6. The van der Waals surface area contributed by atoms with Gasteiger partial charge in [-0.2, -0.15) is 0 Å². The lowest BCUT2D eigenvalue weighted by atomic mass is 10.4. The molecule has 1 N–H and O–H groups in total. The summed E-state index contributed by atoms with van der Waals surface area (Å²) >= 11 is 0. The Bertz CT molecular complexity index is 465. The zero-order valence-electron chi connectivity index (χ0n) is 11.4. The molecule has 0 radical (unpaired) electrons. The van der Waals surface area contributed by atoms with Gasteiger partial charge in [0.15, 0.2) is 6.29 Å². The lowest BCUT2D eigenvalue weighted by Gasteiger charge is -2.17. The minimum atomic E-state index is -3.49. The fourth-order valence-corrected chi connectivity index (χ4v) is 2.48. The molecule has 110 valence electrons. The van der Waals surface area contributed by atoms with E-state index in [0.717, 1.165) is 0 Å². The van der Waals surface area contributed by atoms with E-state index in [-0.39, 0.29) is 12.3 Å². The summed E-state index contributed by atoms with van der Waals surface area (Å²) < 4.78 is 41.4. The van der Waals surface area contributed by atoms with Crippen molar-refractivity contribution < 1.29 is 22.4 Å². The zero-order valence-corrected chi connectivity index (χ0v) is 12.2. The van der Waals surface area contributed by atoms with Crippen LogP contribution in [-0.2, 0) is 25.2 Å². The third kappa shape index (κ3) is 6.15. The summed E-state index contributed by atoms with van der Waals surface area (Å²) in [5.41, 5.74) is 0.370. The Labute approximate surface area is 113 Å². The third-order valence-electron chi connectivity index (χ3n) is 2.19. The Kier molecular flexibility index (Phi) is 6.43. The lowest BCUT2D eigenvalue weighted by Crippen LogP contribution is -2.36. The molecule has 1 aromatic heterocycles. The lowest BCUT2D eigenvalue weighted by molar-refractivity contribution is -0.130. The van der Waals surface area contributed by atoms with E-state index in [4.69, 9.17) is 14.0 Å². The van der Waals surface area contributed by atoms with Crippen LogP contribution in [0.4, 0.5) is 0 Å². The standard InChI is InChI=1S/C11H20N2O5S/c1-4-16-11(17-5-2)7-12-19(14,15)8-10-6-9(3)18-13-10/h6,11-12H,4-5,7-8H2,1-3H3. The van der Waals surface area contributed by atoms with Gasteiger partial charge in [0.25, 0.3) is 0 Å². The van der Waals surface area contributed by atoms with E-state index in [2.05, 4.69) is 9.88 Å². The molecule has 0 aliphatic heterocycles. The highest BCUT2D eigenvalue weighted by molar-refractivity contribution is 7.88. The second-order valence-corrected chi connectivity index (χ2v) is 5.68. The molecule has 0 atom stereocenters. The molecular formula is C11H20N2O5S. The van der Waals surface area contributed by atoms with E-state index in [0.29, 0.717) is 24.7 Å². The number of nitrogens with zero attached hydrogens (tertiary/aromatic N) is 1. The van der Waals surface area contributed by atoms with Gasteiger partial charge in [0, 0.05) is 19.3 Å². The van der Waals surface area contributed by atoms with Crippen molar-refractivity contribution in [2.75, 3.05) is 19.8 Å². The van der Waals surface area contributed by atoms with E-state index in [1.807, 2.05) is 13.8 Å². The zero-order chi connectivity index (χ0) is 14.3. The van der Waals surface area contributed by atoms with Gasteiger partial charge in [-0.25, -0.2) is 13.1 Å². The van der Waals surface area contributed by atoms with Gasteiger partial charge in [0.1, 0.15) is 17.2 Å². The van der Waals surface area contributed by atoms with Gasteiger partial charge >= 0.3 is 0 Å². The molecule has 0 bridgehead atoms. The Morgan fingerprint density at radius 1 is 1.37 bits per heavy atom. The van der Waals surface area contributed by atoms with Crippen LogP contribution in [-0.4, -0.2) is 39.6 Å². The summed E-state index contributed by atoms with van der Waals surface area (Å²) in [5.74, 6) is 0.349. The van der Waals surface area contributed by atoms with E-state index in [1.54, 1.807) is 13.0 Å². The van der Waals surface area contributed by atoms with E-state index in [9.17, 15) is 8.42 Å². The molecule has 0 saturated heterocycles. The molecule has 19 heavy (non-hydrogen) atoms. The number of hydrogen-bond donors (Lipinski definition) is 1. The monoisotopic (exact) mass is 292 g/mol. The molecule has 0 amide bonds. The highest BCUT2D eigenvalue weighted by Crippen LogP contribution is 2.06. The van der Waals surface area contributed by atoms with Crippen molar-refractivity contribution in [1.29, 1.82) is 0 Å². The molecule has 1 heterocycles. The maximum atomic E-state index is 11.8. The molecule has 0 aromatic carbocycles. The van der Waals surface area contributed by atoms with E-state index >= 15 is 0 Å². The van der Waals surface area contributed by atoms with Crippen molar-refractivity contribution in [3.63, 3.8) is 0 Å². The van der Waals surface area contributed by atoms with Crippen molar-refractivity contribution in [2.24, 2.45) is 0 Å². The summed E-state index contributed by atoms with van der Waals surface area (Å²) in [4.78, 5) is 0. The van der Waals surface area contributed by atoms with Crippen molar-refractivity contribution in [3.05, 3.63) is 17.5 Å². The number of sulfonamides is 1.